The van der Waals surface area contributed by atoms with Gasteiger partial charge in [0, 0.05) is 11.4 Å². The summed E-state index contributed by atoms with van der Waals surface area (Å²) < 4.78 is 36.4. The molecule has 0 fully saturated rings. The number of carbonyl (C=O) groups excluding carboxylic acids is 2. The molecule has 1 aromatic rings. The Morgan fingerprint density at radius 1 is 1.25 bits per heavy atom. The van der Waals surface area contributed by atoms with E-state index in [0.717, 1.165) is 5.56 Å². The number of rotatable bonds is 4. The van der Waals surface area contributed by atoms with E-state index in [2.05, 4.69) is 5.32 Å². The van der Waals surface area contributed by atoms with Gasteiger partial charge in [0.2, 0.25) is 5.91 Å². The Morgan fingerprint density at radius 2 is 1.90 bits per heavy atom. The van der Waals surface area contributed by atoms with Gasteiger partial charge in [-0.1, -0.05) is 13.0 Å². The maximum Gasteiger partial charge on any atom is 0.471 e. The molecule has 0 aliphatic rings. The first-order chi connectivity index (χ1) is 9.27. The molecule has 0 saturated heterocycles. The third kappa shape index (κ3) is 4.23. The van der Waals surface area contributed by atoms with Crippen molar-refractivity contribution in [2.75, 3.05) is 17.2 Å². The fraction of sp³-hybridized carbons (Fsp3) is 0.333. The van der Waals surface area contributed by atoms with E-state index in [1.165, 1.54) is 18.2 Å². The van der Waals surface area contributed by atoms with Gasteiger partial charge < -0.3 is 16.4 Å². The van der Waals surface area contributed by atoms with E-state index in [9.17, 15) is 22.8 Å². The lowest BCUT2D eigenvalue weighted by Crippen LogP contribution is -2.30. The van der Waals surface area contributed by atoms with Gasteiger partial charge >= 0.3 is 12.1 Å². The number of alkyl halides is 3. The van der Waals surface area contributed by atoms with Gasteiger partial charge in [0.25, 0.3) is 0 Å². The largest absolute Gasteiger partial charge is 0.471 e. The van der Waals surface area contributed by atoms with Crippen LogP contribution in [0.3, 0.4) is 0 Å². The Morgan fingerprint density at radius 3 is 2.40 bits per heavy atom. The molecule has 0 aromatic heterocycles. The lowest BCUT2D eigenvalue weighted by molar-refractivity contribution is -0.167. The number of carbonyl (C=O) groups is 2. The second-order valence-electron chi connectivity index (χ2n) is 3.93. The summed E-state index contributed by atoms with van der Waals surface area (Å²) in [4.78, 5) is 22.1. The minimum Gasteiger partial charge on any atom is -0.325 e. The van der Waals surface area contributed by atoms with E-state index in [1.54, 1.807) is 5.32 Å². The first-order valence-electron chi connectivity index (χ1n) is 5.79. The average Bonchev–Trinajstić information content (AvgIpc) is 2.37. The van der Waals surface area contributed by atoms with Gasteiger partial charge in [-0.2, -0.15) is 13.2 Å². The summed E-state index contributed by atoms with van der Waals surface area (Å²) in [6.45, 7) is 1.57. The van der Waals surface area contributed by atoms with Crippen molar-refractivity contribution in [3.05, 3.63) is 23.8 Å². The number of amides is 2. The van der Waals surface area contributed by atoms with E-state index >= 15 is 0 Å². The fourth-order valence-electron chi connectivity index (χ4n) is 1.48. The van der Waals surface area contributed by atoms with Crippen LogP contribution in [-0.2, 0) is 16.0 Å². The molecular formula is C12H14F3N3O2. The fourth-order valence-corrected chi connectivity index (χ4v) is 1.48. The summed E-state index contributed by atoms with van der Waals surface area (Å²) in [5, 5.41) is 4.19. The first-order valence-corrected chi connectivity index (χ1v) is 5.79. The van der Waals surface area contributed by atoms with Crippen LogP contribution in [-0.4, -0.2) is 24.5 Å². The number of hydrogen-bond donors (Lipinski definition) is 3. The predicted octanol–water partition coefficient (Wildman–Crippen LogP) is 1.65. The van der Waals surface area contributed by atoms with Gasteiger partial charge in [-0.3, -0.25) is 9.59 Å². The molecule has 110 valence electrons. The van der Waals surface area contributed by atoms with Crippen LogP contribution >= 0.6 is 0 Å². The monoisotopic (exact) mass is 289 g/mol. The minimum absolute atomic E-state index is 0.0585. The van der Waals surface area contributed by atoms with Crippen molar-refractivity contribution in [3.63, 3.8) is 0 Å². The van der Waals surface area contributed by atoms with Gasteiger partial charge in [-0.15, -0.1) is 0 Å². The topological polar surface area (TPSA) is 84.2 Å². The van der Waals surface area contributed by atoms with Crippen LogP contribution in [0, 0.1) is 0 Å². The van der Waals surface area contributed by atoms with Crippen molar-refractivity contribution in [3.8, 4) is 0 Å². The highest BCUT2D eigenvalue weighted by atomic mass is 19.4. The van der Waals surface area contributed by atoms with Crippen molar-refractivity contribution in [2.45, 2.75) is 19.5 Å². The molecule has 2 amide bonds. The van der Waals surface area contributed by atoms with E-state index < -0.39 is 18.0 Å². The van der Waals surface area contributed by atoms with Crippen molar-refractivity contribution in [1.29, 1.82) is 0 Å². The molecule has 0 saturated carbocycles. The summed E-state index contributed by atoms with van der Waals surface area (Å²) in [6, 6.07) is 4.12. The van der Waals surface area contributed by atoms with Crippen LogP contribution in [0.2, 0.25) is 0 Å². The summed E-state index contributed by atoms with van der Waals surface area (Å²) in [7, 11) is 0. The highest BCUT2D eigenvalue weighted by Gasteiger charge is 2.38. The smallest absolute Gasteiger partial charge is 0.325 e. The lowest BCUT2D eigenvalue weighted by Gasteiger charge is -2.13. The minimum atomic E-state index is -4.97. The highest BCUT2D eigenvalue weighted by Crippen LogP contribution is 2.24. The van der Waals surface area contributed by atoms with Crippen LogP contribution < -0.4 is 16.4 Å². The molecule has 8 heteroatoms. The van der Waals surface area contributed by atoms with Gasteiger partial charge in [0.1, 0.15) is 0 Å². The van der Waals surface area contributed by atoms with Crippen molar-refractivity contribution < 1.29 is 22.8 Å². The first kappa shape index (κ1) is 16.0. The Bertz CT molecular complexity index is 515. The number of halogens is 3. The molecule has 20 heavy (non-hydrogen) atoms. The number of hydrogen-bond acceptors (Lipinski definition) is 3. The molecule has 0 heterocycles. The normalized spacial score (nSPS) is 11.1. The summed E-state index contributed by atoms with van der Waals surface area (Å²) in [5.74, 6) is -2.54. The van der Waals surface area contributed by atoms with Gasteiger partial charge in [0.15, 0.2) is 0 Å². The van der Waals surface area contributed by atoms with Gasteiger partial charge in [-0.25, -0.2) is 0 Å². The van der Waals surface area contributed by atoms with Crippen LogP contribution in [0.15, 0.2) is 18.2 Å². The molecular weight excluding hydrogens is 275 g/mol. The van der Waals surface area contributed by atoms with Crippen molar-refractivity contribution in [1.82, 2.24) is 0 Å². The number of benzene rings is 1. The number of anilines is 2. The van der Waals surface area contributed by atoms with Crippen LogP contribution in [0.5, 0.6) is 0 Å². The lowest BCUT2D eigenvalue weighted by atomic mass is 10.1. The van der Waals surface area contributed by atoms with Crippen LogP contribution in [0.1, 0.15) is 12.5 Å². The Kier molecular flexibility index (Phi) is 5.09. The Hall–Kier alpha value is -2.09. The second kappa shape index (κ2) is 6.38. The molecule has 4 N–H and O–H groups in total. The van der Waals surface area contributed by atoms with E-state index in [1.807, 2.05) is 6.92 Å². The Labute approximate surface area is 113 Å². The molecule has 0 aliphatic heterocycles. The predicted molar refractivity (Wildman–Crippen MR) is 68.2 cm³/mol. The summed E-state index contributed by atoms with van der Waals surface area (Å²) in [5.41, 5.74) is 6.14. The number of nitrogens with two attached hydrogens (primary N) is 1. The number of nitrogens with one attached hydrogen (secondary N) is 2. The molecule has 5 nitrogen and oxygen atoms in total. The third-order valence-corrected chi connectivity index (χ3v) is 2.47. The molecule has 0 bridgehead atoms. The van der Waals surface area contributed by atoms with Crippen molar-refractivity contribution in [2.24, 2.45) is 5.73 Å². The molecule has 0 atom stereocenters. The van der Waals surface area contributed by atoms with Gasteiger partial charge in [-0.05, 0) is 24.1 Å². The standard InChI is InChI=1S/C12H14F3N3O2/c1-2-7-3-4-8(17-11(20)12(13,14)15)5-9(7)18-10(19)6-16/h3-5H,2,6,16H2,1H3,(H,17,20)(H,18,19). The highest BCUT2D eigenvalue weighted by molar-refractivity contribution is 5.97. The van der Waals surface area contributed by atoms with E-state index in [-0.39, 0.29) is 12.2 Å². The maximum atomic E-state index is 12.1. The van der Waals surface area contributed by atoms with Gasteiger partial charge in [0.05, 0.1) is 6.54 Å². The van der Waals surface area contributed by atoms with E-state index in [4.69, 9.17) is 5.73 Å². The molecule has 0 spiro atoms. The van der Waals surface area contributed by atoms with Crippen LogP contribution in [0.4, 0.5) is 24.5 Å². The maximum absolute atomic E-state index is 12.1. The second-order valence-corrected chi connectivity index (χ2v) is 3.93. The molecule has 0 aliphatic carbocycles. The Balaban J connectivity index is 2.98. The van der Waals surface area contributed by atoms with E-state index in [0.29, 0.717) is 12.1 Å². The molecule has 0 unspecified atom stereocenters. The third-order valence-electron chi connectivity index (χ3n) is 2.47. The van der Waals surface area contributed by atoms with Crippen molar-refractivity contribution >= 4 is 23.2 Å². The summed E-state index contributed by atoms with van der Waals surface area (Å²) >= 11 is 0. The zero-order chi connectivity index (χ0) is 15.3. The zero-order valence-electron chi connectivity index (χ0n) is 10.7. The quantitative estimate of drug-likeness (QED) is 0.788. The molecule has 1 rings (SSSR count). The summed E-state index contributed by atoms with van der Waals surface area (Å²) in [6.07, 6.45) is -4.40. The molecule has 0 radical (unpaired) electrons. The SMILES string of the molecule is CCc1ccc(NC(=O)C(F)(F)F)cc1NC(=O)CN. The average molecular weight is 289 g/mol. The zero-order valence-corrected chi connectivity index (χ0v) is 10.7. The molecule has 1 aromatic carbocycles. The van der Waals surface area contributed by atoms with Crippen LogP contribution in [0.25, 0.3) is 0 Å². The number of aryl methyl sites for hydroxylation is 1.